The van der Waals surface area contributed by atoms with Gasteiger partial charge in [-0.2, -0.15) is 12.7 Å². The molecule has 0 saturated carbocycles. The van der Waals surface area contributed by atoms with Crippen LogP contribution >= 0.6 is 11.6 Å². The van der Waals surface area contributed by atoms with Gasteiger partial charge in [0.1, 0.15) is 18.4 Å². The molecule has 2 aromatic rings. The van der Waals surface area contributed by atoms with Crippen LogP contribution in [0.3, 0.4) is 0 Å². The molecular weight excluding hydrogens is 483 g/mol. The van der Waals surface area contributed by atoms with E-state index in [1.54, 1.807) is 45.0 Å². The van der Waals surface area contributed by atoms with Crippen molar-refractivity contribution < 1.29 is 22.4 Å². The van der Waals surface area contributed by atoms with Crippen LogP contribution in [-0.2, 0) is 26.3 Å². The SMILES string of the molecule is CC(C)NC(=O)C(C)N(Cc1ccc(Cl)cc1)C(=O)CN(c1ccccc1F)S(=O)(=O)N(C)C. The number of carbonyl (C=O) groups excluding carboxylic acids is 2. The number of amides is 2. The lowest BCUT2D eigenvalue weighted by Gasteiger charge is -2.33. The normalized spacial score (nSPS) is 12.5. The van der Waals surface area contributed by atoms with E-state index in [4.69, 9.17) is 11.6 Å². The van der Waals surface area contributed by atoms with Crippen LogP contribution in [0.15, 0.2) is 48.5 Å². The number of halogens is 2. The highest BCUT2D eigenvalue weighted by Gasteiger charge is 2.33. The Bertz CT molecular complexity index is 1110. The minimum atomic E-state index is -4.23. The molecule has 1 atom stereocenters. The van der Waals surface area contributed by atoms with E-state index in [0.717, 1.165) is 10.4 Å². The summed E-state index contributed by atoms with van der Waals surface area (Å²) in [7, 11) is -1.65. The summed E-state index contributed by atoms with van der Waals surface area (Å²) in [6.07, 6.45) is 0. The van der Waals surface area contributed by atoms with E-state index in [1.807, 2.05) is 0 Å². The number of benzene rings is 2. The maximum absolute atomic E-state index is 14.6. The number of rotatable bonds is 10. The van der Waals surface area contributed by atoms with Crippen LogP contribution in [0.5, 0.6) is 0 Å². The Morgan fingerprint density at radius 2 is 1.62 bits per heavy atom. The van der Waals surface area contributed by atoms with Crippen LogP contribution in [0.1, 0.15) is 26.3 Å². The molecule has 0 spiro atoms. The van der Waals surface area contributed by atoms with Gasteiger partial charge < -0.3 is 10.2 Å². The molecule has 0 bridgehead atoms. The van der Waals surface area contributed by atoms with Crippen molar-refractivity contribution in [1.29, 1.82) is 0 Å². The first-order chi connectivity index (χ1) is 15.8. The Hall–Kier alpha value is -2.69. The zero-order valence-corrected chi connectivity index (χ0v) is 21.4. The fraction of sp³-hybridized carbons (Fsp3) is 0.391. The molecule has 2 amide bonds. The Balaban J connectivity index is 2.46. The molecular formula is C23H30ClFN4O4S. The topological polar surface area (TPSA) is 90.0 Å². The molecule has 0 aromatic heterocycles. The monoisotopic (exact) mass is 512 g/mol. The van der Waals surface area contributed by atoms with Crippen molar-refractivity contribution in [2.24, 2.45) is 0 Å². The Morgan fingerprint density at radius 1 is 1.03 bits per heavy atom. The third kappa shape index (κ3) is 6.91. The molecule has 1 N–H and O–H groups in total. The van der Waals surface area contributed by atoms with Gasteiger partial charge in [0.25, 0.3) is 0 Å². The fourth-order valence-corrected chi connectivity index (χ4v) is 4.32. The van der Waals surface area contributed by atoms with Crippen LogP contribution in [0.25, 0.3) is 0 Å². The maximum Gasteiger partial charge on any atom is 0.304 e. The van der Waals surface area contributed by atoms with Crippen molar-refractivity contribution in [3.63, 3.8) is 0 Å². The molecule has 0 aliphatic carbocycles. The zero-order chi connectivity index (χ0) is 25.6. The summed E-state index contributed by atoms with van der Waals surface area (Å²) in [6, 6.07) is 10.9. The molecule has 0 aliphatic rings. The second kappa shape index (κ2) is 11.6. The van der Waals surface area contributed by atoms with Gasteiger partial charge in [0, 0.05) is 31.7 Å². The molecule has 0 radical (unpaired) electrons. The summed E-state index contributed by atoms with van der Waals surface area (Å²) in [4.78, 5) is 27.5. The Kier molecular flexibility index (Phi) is 9.43. The molecule has 2 aromatic carbocycles. The molecule has 186 valence electrons. The summed E-state index contributed by atoms with van der Waals surface area (Å²) >= 11 is 5.95. The highest BCUT2D eigenvalue weighted by atomic mass is 35.5. The highest BCUT2D eigenvalue weighted by Crippen LogP contribution is 2.24. The number of hydrogen-bond acceptors (Lipinski definition) is 4. The summed E-state index contributed by atoms with van der Waals surface area (Å²) < 4.78 is 42.2. The van der Waals surface area contributed by atoms with Gasteiger partial charge in [-0.05, 0) is 50.6 Å². The third-order valence-electron chi connectivity index (χ3n) is 5.00. The Morgan fingerprint density at radius 3 is 2.15 bits per heavy atom. The molecule has 2 rings (SSSR count). The van der Waals surface area contributed by atoms with E-state index in [0.29, 0.717) is 14.9 Å². The highest BCUT2D eigenvalue weighted by molar-refractivity contribution is 7.90. The molecule has 11 heteroatoms. The number of anilines is 1. The van der Waals surface area contributed by atoms with Gasteiger partial charge in [0.2, 0.25) is 11.8 Å². The van der Waals surface area contributed by atoms with Crippen LogP contribution in [0, 0.1) is 5.82 Å². The predicted octanol–water partition coefficient (Wildman–Crippen LogP) is 3.03. The fourth-order valence-electron chi connectivity index (χ4n) is 3.13. The first-order valence-electron chi connectivity index (χ1n) is 10.6. The smallest absolute Gasteiger partial charge is 0.304 e. The van der Waals surface area contributed by atoms with Gasteiger partial charge in [-0.25, -0.2) is 8.70 Å². The van der Waals surface area contributed by atoms with Gasteiger partial charge in [-0.15, -0.1) is 0 Å². The van der Waals surface area contributed by atoms with Crippen LogP contribution in [0.2, 0.25) is 5.02 Å². The van der Waals surface area contributed by atoms with E-state index in [-0.39, 0.29) is 18.3 Å². The number of nitrogens with zero attached hydrogens (tertiary/aromatic N) is 3. The molecule has 0 heterocycles. The van der Waals surface area contributed by atoms with Gasteiger partial charge in [-0.3, -0.25) is 9.59 Å². The van der Waals surface area contributed by atoms with Gasteiger partial charge >= 0.3 is 10.2 Å². The summed E-state index contributed by atoms with van der Waals surface area (Å²) in [5.74, 6) is -1.86. The third-order valence-corrected chi connectivity index (χ3v) is 7.06. The quantitative estimate of drug-likeness (QED) is 0.530. The van der Waals surface area contributed by atoms with Crippen molar-refractivity contribution in [3.05, 3.63) is 64.9 Å². The zero-order valence-electron chi connectivity index (χ0n) is 19.8. The lowest BCUT2D eigenvalue weighted by molar-refractivity contribution is -0.139. The maximum atomic E-state index is 14.6. The number of nitrogens with one attached hydrogen (secondary N) is 1. The standard InChI is InChI=1S/C23H30ClFN4O4S/c1-16(2)26-23(31)17(3)28(14-18-10-12-19(24)13-11-18)22(30)15-29(34(32,33)27(4)5)21-9-7-6-8-20(21)25/h6-13,16-17H,14-15H2,1-5H3,(H,26,31). The molecule has 1 unspecified atom stereocenters. The minimum absolute atomic E-state index is 0.0236. The van der Waals surface area contributed by atoms with Gasteiger partial charge in [0.15, 0.2) is 0 Å². The lowest BCUT2D eigenvalue weighted by Crippen LogP contribution is -2.53. The van der Waals surface area contributed by atoms with Crippen LogP contribution in [-0.4, -0.2) is 62.2 Å². The summed E-state index contributed by atoms with van der Waals surface area (Å²) in [6.45, 7) is 4.46. The number of para-hydroxylation sites is 1. The Labute approximate surface area is 205 Å². The van der Waals surface area contributed by atoms with Crippen LogP contribution < -0.4 is 9.62 Å². The van der Waals surface area contributed by atoms with Gasteiger partial charge in [-0.1, -0.05) is 35.9 Å². The molecule has 8 nitrogen and oxygen atoms in total. The average Bonchev–Trinajstić information content (AvgIpc) is 2.76. The molecule has 0 aliphatic heterocycles. The first kappa shape index (κ1) is 27.6. The minimum Gasteiger partial charge on any atom is -0.352 e. The van der Waals surface area contributed by atoms with E-state index < -0.39 is 40.4 Å². The lowest BCUT2D eigenvalue weighted by atomic mass is 10.1. The molecule has 34 heavy (non-hydrogen) atoms. The van der Waals surface area contributed by atoms with Crippen molar-refractivity contribution >= 4 is 39.3 Å². The van der Waals surface area contributed by atoms with E-state index in [9.17, 15) is 22.4 Å². The van der Waals surface area contributed by atoms with Crippen molar-refractivity contribution in [2.45, 2.75) is 39.4 Å². The van der Waals surface area contributed by atoms with Crippen molar-refractivity contribution in [1.82, 2.24) is 14.5 Å². The predicted molar refractivity (Wildman–Crippen MR) is 131 cm³/mol. The summed E-state index contributed by atoms with van der Waals surface area (Å²) in [5.41, 5.74) is 0.421. The van der Waals surface area contributed by atoms with Crippen molar-refractivity contribution in [3.8, 4) is 0 Å². The van der Waals surface area contributed by atoms with E-state index >= 15 is 0 Å². The number of hydrogen-bond donors (Lipinski definition) is 1. The molecule has 0 saturated heterocycles. The van der Waals surface area contributed by atoms with Crippen LogP contribution in [0.4, 0.5) is 10.1 Å². The van der Waals surface area contributed by atoms with E-state index in [1.165, 1.54) is 37.2 Å². The van der Waals surface area contributed by atoms with Gasteiger partial charge in [0.05, 0.1) is 5.69 Å². The number of carbonyl (C=O) groups is 2. The summed E-state index contributed by atoms with van der Waals surface area (Å²) in [5, 5.41) is 3.27. The van der Waals surface area contributed by atoms with E-state index in [2.05, 4.69) is 5.32 Å². The average molecular weight is 513 g/mol. The molecule has 0 fully saturated rings. The second-order valence-electron chi connectivity index (χ2n) is 8.24. The largest absolute Gasteiger partial charge is 0.352 e. The second-order valence-corrected chi connectivity index (χ2v) is 10.7. The van der Waals surface area contributed by atoms with Crippen molar-refractivity contribution in [2.75, 3.05) is 24.9 Å². The first-order valence-corrected chi connectivity index (χ1v) is 12.4.